The molecule has 100 valence electrons. The van der Waals surface area contributed by atoms with Crippen LogP contribution >= 0.6 is 0 Å². The maximum absolute atomic E-state index is 11.5. The molecular formula is C10H13NO7. The molecule has 0 aliphatic carbocycles. The highest BCUT2D eigenvalue weighted by Gasteiger charge is 2.40. The molecule has 0 unspecified atom stereocenters. The van der Waals surface area contributed by atoms with Crippen LogP contribution in [0.2, 0.25) is 0 Å². The van der Waals surface area contributed by atoms with E-state index in [9.17, 15) is 19.5 Å². The third kappa shape index (κ3) is 3.37. The first-order valence-electron chi connectivity index (χ1n) is 5.08. The van der Waals surface area contributed by atoms with E-state index in [-0.39, 0.29) is 13.0 Å². The van der Waals surface area contributed by atoms with Gasteiger partial charge in [0.15, 0.2) is 5.57 Å². The lowest BCUT2D eigenvalue weighted by molar-refractivity contribution is -0.222. The average molecular weight is 259 g/mol. The monoisotopic (exact) mass is 259 g/mol. The van der Waals surface area contributed by atoms with E-state index in [0.717, 1.165) is 0 Å². The van der Waals surface area contributed by atoms with E-state index < -0.39 is 35.2 Å². The summed E-state index contributed by atoms with van der Waals surface area (Å²) in [5, 5.41) is 19.8. The minimum Gasteiger partial charge on any atom is -0.511 e. The molecule has 18 heavy (non-hydrogen) atoms. The van der Waals surface area contributed by atoms with Crippen LogP contribution in [0.5, 0.6) is 0 Å². The highest BCUT2D eigenvalue weighted by Crippen LogP contribution is 2.24. The van der Waals surface area contributed by atoms with Crippen LogP contribution < -0.4 is 5.32 Å². The Morgan fingerprint density at radius 2 is 1.72 bits per heavy atom. The fourth-order valence-electron chi connectivity index (χ4n) is 1.30. The lowest BCUT2D eigenvalue weighted by atomic mass is 10.1. The lowest BCUT2D eigenvalue weighted by Gasteiger charge is -2.30. The van der Waals surface area contributed by atoms with Crippen LogP contribution in [0.3, 0.4) is 0 Å². The van der Waals surface area contributed by atoms with Crippen molar-refractivity contribution >= 4 is 18.0 Å². The second-order valence-corrected chi connectivity index (χ2v) is 3.98. The van der Waals surface area contributed by atoms with Crippen molar-refractivity contribution in [3.63, 3.8) is 0 Å². The summed E-state index contributed by atoms with van der Waals surface area (Å²) in [5.74, 6) is -3.94. The summed E-state index contributed by atoms with van der Waals surface area (Å²) in [4.78, 5) is 33.1. The predicted octanol–water partition coefficient (Wildman–Crippen LogP) is 0.292. The maximum Gasteiger partial charge on any atom is 0.404 e. The SMILES string of the molecule is CC1(C)OC(=O)C(=C(O)CCNC(=O)O)C(=O)O1. The summed E-state index contributed by atoms with van der Waals surface area (Å²) in [6, 6.07) is 0. The Labute approximate surface area is 102 Å². The first-order valence-corrected chi connectivity index (χ1v) is 5.08. The van der Waals surface area contributed by atoms with E-state index in [1.807, 2.05) is 5.32 Å². The van der Waals surface area contributed by atoms with Gasteiger partial charge in [0, 0.05) is 26.8 Å². The van der Waals surface area contributed by atoms with Crippen molar-refractivity contribution in [2.24, 2.45) is 0 Å². The zero-order chi connectivity index (χ0) is 13.9. The predicted molar refractivity (Wildman–Crippen MR) is 56.6 cm³/mol. The van der Waals surface area contributed by atoms with Crippen LogP contribution in [0.4, 0.5) is 4.79 Å². The lowest BCUT2D eigenvalue weighted by Crippen LogP contribution is -2.42. The van der Waals surface area contributed by atoms with E-state index in [4.69, 9.17) is 14.6 Å². The molecule has 1 rings (SSSR count). The second kappa shape index (κ2) is 4.94. The van der Waals surface area contributed by atoms with Gasteiger partial charge in [0.1, 0.15) is 5.76 Å². The largest absolute Gasteiger partial charge is 0.511 e. The molecule has 8 heteroatoms. The first-order chi connectivity index (χ1) is 8.23. The summed E-state index contributed by atoms with van der Waals surface area (Å²) in [6.45, 7) is 2.61. The van der Waals surface area contributed by atoms with E-state index in [0.29, 0.717) is 0 Å². The highest BCUT2D eigenvalue weighted by atomic mass is 16.7. The highest BCUT2D eigenvalue weighted by molar-refractivity contribution is 6.15. The number of carboxylic acid groups (broad SMARTS) is 1. The van der Waals surface area contributed by atoms with Gasteiger partial charge in [-0.25, -0.2) is 14.4 Å². The molecule has 1 aliphatic rings. The standard InChI is InChI=1S/C10H13NO7/c1-10(2)17-7(13)6(8(14)18-10)5(12)3-4-11-9(15)16/h11-12H,3-4H2,1-2H3,(H,15,16). The minimum atomic E-state index is -1.38. The Kier molecular flexibility index (Phi) is 3.79. The molecule has 0 aromatic carbocycles. The number of nitrogens with one attached hydrogen (secondary N) is 1. The quantitative estimate of drug-likeness (QED) is 0.288. The van der Waals surface area contributed by atoms with Crippen LogP contribution in [0.25, 0.3) is 0 Å². The van der Waals surface area contributed by atoms with Gasteiger partial charge < -0.3 is 25.0 Å². The molecule has 0 aromatic heterocycles. The number of esters is 2. The van der Waals surface area contributed by atoms with Crippen molar-refractivity contribution in [2.75, 3.05) is 6.54 Å². The van der Waals surface area contributed by atoms with Gasteiger partial charge in [-0.2, -0.15) is 0 Å². The summed E-state index contributed by atoms with van der Waals surface area (Å²) in [5.41, 5.74) is -0.610. The second-order valence-electron chi connectivity index (χ2n) is 3.98. The molecule has 0 saturated carbocycles. The zero-order valence-electron chi connectivity index (χ0n) is 9.85. The van der Waals surface area contributed by atoms with Crippen molar-refractivity contribution < 1.29 is 34.1 Å². The molecule has 1 heterocycles. The number of ether oxygens (including phenoxy) is 2. The molecule has 1 saturated heterocycles. The van der Waals surface area contributed by atoms with Crippen LogP contribution in [-0.4, -0.2) is 40.6 Å². The van der Waals surface area contributed by atoms with Crippen molar-refractivity contribution in [3.8, 4) is 0 Å². The molecule has 0 bridgehead atoms. The molecule has 0 spiro atoms. The number of cyclic esters (lactones) is 2. The molecule has 1 aliphatic heterocycles. The molecule has 0 aromatic rings. The average Bonchev–Trinajstić information content (AvgIpc) is 2.12. The fourth-order valence-corrected chi connectivity index (χ4v) is 1.30. The van der Waals surface area contributed by atoms with Gasteiger partial charge in [-0.3, -0.25) is 0 Å². The molecule has 1 amide bonds. The summed E-state index contributed by atoms with van der Waals surface area (Å²) in [7, 11) is 0. The number of hydrogen-bond acceptors (Lipinski definition) is 6. The maximum atomic E-state index is 11.5. The number of amides is 1. The number of carbonyl (C=O) groups excluding carboxylic acids is 2. The van der Waals surface area contributed by atoms with Crippen LogP contribution in [0.1, 0.15) is 20.3 Å². The number of rotatable bonds is 3. The third-order valence-electron chi connectivity index (χ3n) is 2.01. The normalized spacial score (nSPS) is 17.8. The van der Waals surface area contributed by atoms with Gasteiger partial charge in [0.25, 0.3) is 5.79 Å². The Bertz CT molecular complexity index is 402. The van der Waals surface area contributed by atoms with Crippen molar-refractivity contribution in [1.29, 1.82) is 0 Å². The van der Waals surface area contributed by atoms with Gasteiger partial charge in [-0.15, -0.1) is 0 Å². The molecule has 1 fully saturated rings. The van der Waals surface area contributed by atoms with Gasteiger partial charge >= 0.3 is 18.0 Å². The Morgan fingerprint density at radius 3 is 2.17 bits per heavy atom. The summed E-state index contributed by atoms with van der Waals surface area (Å²) in [6.07, 6.45) is -1.49. The van der Waals surface area contributed by atoms with E-state index in [1.54, 1.807) is 0 Å². The molecular weight excluding hydrogens is 246 g/mol. The van der Waals surface area contributed by atoms with Gasteiger partial charge in [-0.1, -0.05) is 0 Å². The van der Waals surface area contributed by atoms with Crippen molar-refractivity contribution in [1.82, 2.24) is 5.32 Å². The molecule has 0 radical (unpaired) electrons. The summed E-state index contributed by atoms with van der Waals surface area (Å²) < 4.78 is 9.54. The number of aliphatic hydroxyl groups is 1. The summed E-state index contributed by atoms with van der Waals surface area (Å²) >= 11 is 0. The first kappa shape index (κ1) is 13.8. The number of aliphatic hydroxyl groups excluding tert-OH is 1. The topological polar surface area (TPSA) is 122 Å². The molecule has 8 nitrogen and oxygen atoms in total. The Morgan fingerprint density at radius 1 is 1.22 bits per heavy atom. The van der Waals surface area contributed by atoms with Crippen molar-refractivity contribution in [3.05, 3.63) is 11.3 Å². The molecule has 3 N–H and O–H groups in total. The number of hydrogen-bond donors (Lipinski definition) is 3. The zero-order valence-corrected chi connectivity index (χ0v) is 9.85. The van der Waals surface area contributed by atoms with Crippen molar-refractivity contribution in [2.45, 2.75) is 26.1 Å². The van der Waals surface area contributed by atoms with Gasteiger partial charge in [0.2, 0.25) is 0 Å². The molecule has 0 atom stereocenters. The third-order valence-corrected chi connectivity index (χ3v) is 2.01. The van der Waals surface area contributed by atoms with Gasteiger partial charge in [0.05, 0.1) is 0 Å². The Balaban J connectivity index is 2.77. The van der Waals surface area contributed by atoms with Crippen LogP contribution in [0, 0.1) is 0 Å². The van der Waals surface area contributed by atoms with E-state index in [1.165, 1.54) is 13.8 Å². The smallest absolute Gasteiger partial charge is 0.404 e. The van der Waals surface area contributed by atoms with Gasteiger partial charge in [-0.05, 0) is 0 Å². The van der Waals surface area contributed by atoms with E-state index >= 15 is 0 Å². The van der Waals surface area contributed by atoms with Crippen LogP contribution in [-0.2, 0) is 19.1 Å². The fraction of sp³-hybridized carbons (Fsp3) is 0.500. The van der Waals surface area contributed by atoms with E-state index in [2.05, 4.69) is 0 Å². The van der Waals surface area contributed by atoms with Crippen LogP contribution in [0.15, 0.2) is 11.3 Å². The minimum absolute atomic E-state index is 0.144. The number of carbonyl (C=O) groups is 3. The Hall–Kier alpha value is -2.25.